The fourth-order valence-electron chi connectivity index (χ4n) is 0.852. The third-order valence-electron chi connectivity index (χ3n) is 1.46. The molecule has 4 nitrogen and oxygen atoms in total. The number of hydrogen-bond donors (Lipinski definition) is 2. The molecule has 1 amide bonds. The van der Waals surface area contributed by atoms with Gasteiger partial charge in [-0.25, -0.2) is 4.79 Å². The summed E-state index contributed by atoms with van der Waals surface area (Å²) in [6.07, 6.45) is 0. The zero-order valence-electron chi connectivity index (χ0n) is 7.84. The van der Waals surface area contributed by atoms with Gasteiger partial charge in [0.05, 0.1) is 0 Å². The van der Waals surface area contributed by atoms with Crippen molar-refractivity contribution in [1.82, 2.24) is 5.32 Å². The summed E-state index contributed by atoms with van der Waals surface area (Å²) in [5.74, 6) is -1.32. The number of carboxylic acids is 1. The van der Waals surface area contributed by atoms with Crippen LogP contribution in [-0.4, -0.2) is 23.0 Å². The van der Waals surface area contributed by atoms with Crippen molar-refractivity contribution >= 4 is 11.9 Å². The molecule has 0 saturated carbocycles. The van der Waals surface area contributed by atoms with Crippen LogP contribution in [0.4, 0.5) is 0 Å². The Morgan fingerprint density at radius 3 is 1.83 bits per heavy atom. The molecule has 0 aromatic heterocycles. The van der Waals surface area contributed by atoms with E-state index in [4.69, 9.17) is 5.11 Å². The number of hydrogen-bond acceptors (Lipinski definition) is 2. The van der Waals surface area contributed by atoms with Crippen molar-refractivity contribution in [1.29, 1.82) is 0 Å². The van der Waals surface area contributed by atoms with Gasteiger partial charge in [0.25, 0.3) is 0 Å². The first-order valence-electron chi connectivity index (χ1n) is 3.75. The Hall–Kier alpha value is -1.06. The summed E-state index contributed by atoms with van der Waals surface area (Å²) in [6.45, 7) is 6.60. The molecule has 1 atom stereocenters. The van der Waals surface area contributed by atoms with Gasteiger partial charge in [0.15, 0.2) is 0 Å². The quantitative estimate of drug-likeness (QED) is 0.643. The summed E-state index contributed by atoms with van der Waals surface area (Å²) in [4.78, 5) is 21.3. The van der Waals surface area contributed by atoms with Crippen LogP contribution in [0.3, 0.4) is 0 Å². The Kier molecular flexibility index (Phi) is 3.24. The molecule has 0 heterocycles. The van der Waals surface area contributed by atoms with Crippen molar-refractivity contribution in [3.8, 4) is 0 Å². The molecule has 70 valence electrons. The maximum absolute atomic E-state index is 10.7. The molecule has 0 radical (unpaired) electrons. The maximum Gasteiger partial charge on any atom is 0.326 e. The van der Waals surface area contributed by atoms with Crippen LogP contribution in [0.1, 0.15) is 27.7 Å². The minimum atomic E-state index is -1.00. The van der Waals surface area contributed by atoms with E-state index in [1.54, 1.807) is 20.8 Å². The molecule has 0 aromatic carbocycles. The topological polar surface area (TPSA) is 66.4 Å². The highest BCUT2D eigenvalue weighted by atomic mass is 16.4. The monoisotopic (exact) mass is 173 g/mol. The van der Waals surface area contributed by atoms with Crippen molar-refractivity contribution < 1.29 is 14.7 Å². The fourth-order valence-corrected chi connectivity index (χ4v) is 0.852. The van der Waals surface area contributed by atoms with E-state index in [0.29, 0.717) is 0 Å². The predicted molar refractivity (Wildman–Crippen MR) is 44.7 cm³/mol. The Bertz CT molecular complexity index is 193. The lowest BCUT2D eigenvalue weighted by molar-refractivity contribution is -0.144. The number of rotatable bonds is 2. The smallest absolute Gasteiger partial charge is 0.326 e. The van der Waals surface area contributed by atoms with E-state index in [1.807, 2.05) is 0 Å². The molecule has 0 aliphatic rings. The molecule has 0 aliphatic carbocycles. The number of carbonyl (C=O) groups excluding carboxylic acids is 1. The van der Waals surface area contributed by atoms with Gasteiger partial charge in [0.2, 0.25) is 5.91 Å². The van der Waals surface area contributed by atoms with Crippen molar-refractivity contribution in [3.63, 3.8) is 0 Å². The Morgan fingerprint density at radius 2 is 1.75 bits per heavy atom. The molecule has 0 rings (SSSR count). The second-order valence-corrected chi connectivity index (χ2v) is 3.84. The normalized spacial score (nSPS) is 13.7. The number of aliphatic carboxylic acids is 1. The van der Waals surface area contributed by atoms with Crippen molar-refractivity contribution in [2.24, 2.45) is 5.41 Å². The lowest BCUT2D eigenvalue weighted by atomic mass is 9.87. The van der Waals surface area contributed by atoms with Gasteiger partial charge in [-0.3, -0.25) is 4.79 Å². The zero-order chi connectivity index (χ0) is 9.94. The second kappa shape index (κ2) is 3.56. The van der Waals surface area contributed by atoms with Gasteiger partial charge in [-0.2, -0.15) is 0 Å². The zero-order valence-corrected chi connectivity index (χ0v) is 7.84. The average molecular weight is 173 g/mol. The maximum atomic E-state index is 10.7. The molecule has 4 heteroatoms. The van der Waals surface area contributed by atoms with Gasteiger partial charge in [0.1, 0.15) is 6.04 Å². The predicted octanol–water partition coefficient (Wildman–Crippen LogP) is 0.622. The summed E-state index contributed by atoms with van der Waals surface area (Å²) >= 11 is 0. The highest BCUT2D eigenvalue weighted by Crippen LogP contribution is 2.19. The molecule has 0 aromatic rings. The van der Waals surface area contributed by atoms with Crippen LogP contribution < -0.4 is 5.32 Å². The second-order valence-electron chi connectivity index (χ2n) is 3.84. The van der Waals surface area contributed by atoms with Gasteiger partial charge in [0, 0.05) is 6.92 Å². The molecule has 2 N–H and O–H groups in total. The van der Waals surface area contributed by atoms with Crippen molar-refractivity contribution in [3.05, 3.63) is 0 Å². The Labute approximate surface area is 72.0 Å². The Balaban J connectivity index is 4.46. The van der Waals surface area contributed by atoms with E-state index >= 15 is 0 Å². The number of carbonyl (C=O) groups is 2. The number of nitrogens with one attached hydrogen (secondary N) is 1. The van der Waals surface area contributed by atoms with E-state index in [1.165, 1.54) is 6.92 Å². The van der Waals surface area contributed by atoms with Crippen LogP contribution in [0.25, 0.3) is 0 Å². The van der Waals surface area contributed by atoms with Crippen LogP contribution >= 0.6 is 0 Å². The molecule has 0 fully saturated rings. The van der Waals surface area contributed by atoms with Gasteiger partial charge < -0.3 is 10.4 Å². The summed E-state index contributed by atoms with van der Waals surface area (Å²) in [5, 5.41) is 11.1. The molecular weight excluding hydrogens is 158 g/mol. The van der Waals surface area contributed by atoms with Crippen molar-refractivity contribution in [2.45, 2.75) is 33.7 Å². The first-order valence-corrected chi connectivity index (χ1v) is 3.75. The summed E-state index contributed by atoms with van der Waals surface area (Å²) in [6, 6.07) is -0.824. The Morgan fingerprint density at radius 1 is 1.33 bits per heavy atom. The van der Waals surface area contributed by atoms with E-state index in [-0.39, 0.29) is 5.91 Å². The van der Waals surface area contributed by atoms with E-state index in [0.717, 1.165) is 0 Å². The molecule has 0 bridgehead atoms. The SMILES string of the molecule is CC(=O)N[C@@H](C(=O)O)C(C)(C)C. The van der Waals surface area contributed by atoms with Crippen LogP contribution in [0, 0.1) is 5.41 Å². The average Bonchev–Trinajstić information content (AvgIpc) is 1.79. The highest BCUT2D eigenvalue weighted by Gasteiger charge is 2.31. The summed E-state index contributed by atoms with van der Waals surface area (Å²) in [5.41, 5.74) is -0.461. The molecule has 0 saturated heterocycles. The first-order chi connectivity index (χ1) is 5.25. The number of amides is 1. The summed E-state index contributed by atoms with van der Waals surface area (Å²) in [7, 11) is 0. The third kappa shape index (κ3) is 3.37. The summed E-state index contributed by atoms with van der Waals surface area (Å²) < 4.78 is 0. The molecular formula is C8H15NO3. The van der Waals surface area contributed by atoms with Crippen LogP contribution in [-0.2, 0) is 9.59 Å². The van der Waals surface area contributed by atoms with Crippen LogP contribution in [0.2, 0.25) is 0 Å². The highest BCUT2D eigenvalue weighted by molar-refractivity contribution is 5.82. The lowest BCUT2D eigenvalue weighted by Crippen LogP contribution is -2.48. The van der Waals surface area contributed by atoms with E-state index in [9.17, 15) is 9.59 Å². The van der Waals surface area contributed by atoms with Crippen molar-refractivity contribution in [2.75, 3.05) is 0 Å². The van der Waals surface area contributed by atoms with Gasteiger partial charge in [-0.1, -0.05) is 20.8 Å². The molecule has 0 spiro atoms. The number of carboxylic acid groups (broad SMARTS) is 1. The minimum Gasteiger partial charge on any atom is -0.480 e. The lowest BCUT2D eigenvalue weighted by Gasteiger charge is -2.27. The van der Waals surface area contributed by atoms with Crippen LogP contribution in [0.15, 0.2) is 0 Å². The molecule has 12 heavy (non-hydrogen) atoms. The van der Waals surface area contributed by atoms with E-state index in [2.05, 4.69) is 5.32 Å². The minimum absolute atomic E-state index is 0.322. The van der Waals surface area contributed by atoms with Gasteiger partial charge in [-0.15, -0.1) is 0 Å². The standard InChI is InChI=1S/C8H15NO3/c1-5(10)9-6(7(11)12)8(2,3)4/h6H,1-4H3,(H,9,10)(H,11,12)/t6-/m0/s1. The fraction of sp³-hybridized carbons (Fsp3) is 0.750. The van der Waals surface area contributed by atoms with Crippen LogP contribution in [0.5, 0.6) is 0 Å². The molecule has 0 unspecified atom stereocenters. The first kappa shape index (κ1) is 10.9. The van der Waals surface area contributed by atoms with E-state index < -0.39 is 17.4 Å². The third-order valence-corrected chi connectivity index (χ3v) is 1.46. The van der Waals surface area contributed by atoms with Gasteiger partial charge >= 0.3 is 5.97 Å². The molecule has 0 aliphatic heterocycles. The largest absolute Gasteiger partial charge is 0.480 e. The van der Waals surface area contributed by atoms with Gasteiger partial charge in [-0.05, 0) is 5.41 Å².